The maximum Gasteiger partial charge on any atom is 0.255 e. The number of rotatable bonds is 8. The van der Waals surface area contributed by atoms with E-state index in [1.165, 1.54) is 23.1 Å². The predicted molar refractivity (Wildman–Crippen MR) is 152 cm³/mol. The fraction of sp³-hybridized carbons (Fsp3) is 0.107. The van der Waals surface area contributed by atoms with E-state index in [9.17, 15) is 9.59 Å². The average molecular weight is 530 g/mol. The molecular weight excluding hydrogens is 507 g/mol. The SMILES string of the molecule is CCC(Sc1cccc(NC(=O)c2ccc3ccccc3c2)c1)C(=O)Nc1nc(-c2cccs2)cs1. The summed E-state index contributed by atoms with van der Waals surface area (Å²) in [6.07, 6.45) is 0.660. The molecule has 0 aliphatic carbocycles. The van der Waals surface area contributed by atoms with Crippen LogP contribution in [0, 0.1) is 0 Å². The Balaban J connectivity index is 1.23. The molecule has 5 rings (SSSR count). The molecule has 0 spiro atoms. The second kappa shape index (κ2) is 11.1. The van der Waals surface area contributed by atoms with Crippen molar-refractivity contribution in [3.05, 3.63) is 95.2 Å². The Bertz CT molecular complexity index is 1510. The lowest BCUT2D eigenvalue weighted by molar-refractivity contribution is -0.115. The van der Waals surface area contributed by atoms with Crippen molar-refractivity contribution in [1.29, 1.82) is 0 Å². The van der Waals surface area contributed by atoms with Crippen LogP contribution in [0.2, 0.25) is 0 Å². The summed E-state index contributed by atoms with van der Waals surface area (Å²) in [6.45, 7) is 1.99. The number of anilines is 2. The zero-order chi connectivity index (χ0) is 24.9. The lowest BCUT2D eigenvalue weighted by Gasteiger charge is -2.14. The zero-order valence-electron chi connectivity index (χ0n) is 19.4. The van der Waals surface area contributed by atoms with Crippen molar-refractivity contribution < 1.29 is 9.59 Å². The van der Waals surface area contributed by atoms with Gasteiger partial charge in [-0.15, -0.1) is 34.4 Å². The van der Waals surface area contributed by atoms with Crippen molar-refractivity contribution in [3.8, 4) is 10.6 Å². The number of hydrogen-bond donors (Lipinski definition) is 2. The second-order valence-electron chi connectivity index (χ2n) is 8.06. The normalized spacial score (nSPS) is 11.8. The number of thiophene rings is 1. The van der Waals surface area contributed by atoms with Crippen LogP contribution in [0.3, 0.4) is 0 Å². The van der Waals surface area contributed by atoms with Crippen LogP contribution in [0.25, 0.3) is 21.3 Å². The van der Waals surface area contributed by atoms with Gasteiger partial charge < -0.3 is 10.6 Å². The van der Waals surface area contributed by atoms with Gasteiger partial charge in [-0.1, -0.05) is 49.4 Å². The molecule has 2 aromatic heterocycles. The maximum atomic E-state index is 13.0. The molecular formula is C28H23N3O2S3. The van der Waals surface area contributed by atoms with E-state index in [4.69, 9.17) is 0 Å². The number of aromatic nitrogens is 1. The highest BCUT2D eigenvalue weighted by Gasteiger charge is 2.20. The Kier molecular flexibility index (Phi) is 7.46. The number of nitrogens with one attached hydrogen (secondary N) is 2. The Morgan fingerprint density at radius 2 is 1.78 bits per heavy atom. The molecule has 3 aromatic carbocycles. The molecule has 0 fully saturated rings. The summed E-state index contributed by atoms with van der Waals surface area (Å²) in [7, 11) is 0. The van der Waals surface area contributed by atoms with Gasteiger partial charge in [0.05, 0.1) is 15.8 Å². The lowest BCUT2D eigenvalue weighted by Crippen LogP contribution is -2.24. The van der Waals surface area contributed by atoms with Crippen LogP contribution in [0.5, 0.6) is 0 Å². The van der Waals surface area contributed by atoms with E-state index in [0.717, 1.165) is 26.2 Å². The number of thiazole rings is 1. The van der Waals surface area contributed by atoms with Crippen LogP contribution in [0.4, 0.5) is 10.8 Å². The van der Waals surface area contributed by atoms with Crippen LogP contribution in [-0.2, 0) is 4.79 Å². The first kappa shape index (κ1) is 24.2. The molecule has 0 radical (unpaired) electrons. The number of nitrogens with zero attached hydrogens (tertiary/aromatic N) is 1. The number of amides is 2. The summed E-state index contributed by atoms with van der Waals surface area (Å²) < 4.78 is 0. The van der Waals surface area contributed by atoms with Gasteiger partial charge >= 0.3 is 0 Å². The highest BCUT2D eigenvalue weighted by molar-refractivity contribution is 8.00. The minimum atomic E-state index is -0.287. The maximum absolute atomic E-state index is 13.0. The fourth-order valence-electron chi connectivity index (χ4n) is 3.72. The first-order valence-corrected chi connectivity index (χ1v) is 14.1. The average Bonchev–Trinajstić information content (AvgIpc) is 3.59. The molecule has 0 bridgehead atoms. The van der Waals surface area contributed by atoms with Gasteiger partial charge in [-0.3, -0.25) is 9.59 Å². The quantitative estimate of drug-likeness (QED) is 0.201. The van der Waals surface area contributed by atoms with Gasteiger partial charge in [0.1, 0.15) is 0 Å². The van der Waals surface area contributed by atoms with Crippen molar-refractivity contribution in [2.75, 3.05) is 10.6 Å². The van der Waals surface area contributed by atoms with Crippen molar-refractivity contribution >= 4 is 67.8 Å². The Labute approximate surface area is 221 Å². The van der Waals surface area contributed by atoms with Crippen LogP contribution >= 0.6 is 34.4 Å². The summed E-state index contributed by atoms with van der Waals surface area (Å²) in [5.41, 5.74) is 2.16. The van der Waals surface area contributed by atoms with Crippen LogP contribution in [0.1, 0.15) is 23.7 Å². The smallest absolute Gasteiger partial charge is 0.255 e. The molecule has 5 nitrogen and oxygen atoms in total. The molecule has 0 saturated carbocycles. The van der Waals surface area contributed by atoms with Gasteiger partial charge in [0.2, 0.25) is 5.91 Å². The van der Waals surface area contributed by atoms with Crippen LogP contribution in [0.15, 0.2) is 94.5 Å². The Morgan fingerprint density at radius 1 is 0.917 bits per heavy atom. The summed E-state index contributed by atoms with van der Waals surface area (Å²) in [4.78, 5) is 32.4. The summed E-state index contributed by atoms with van der Waals surface area (Å²) in [5.74, 6) is -0.252. The lowest BCUT2D eigenvalue weighted by atomic mass is 10.1. The third-order valence-electron chi connectivity index (χ3n) is 5.55. The van der Waals surface area contributed by atoms with Crippen LogP contribution < -0.4 is 10.6 Å². The Hall–Kier alpha value is -3.46. The molecule has 36 heavy (non-hydrogen) atoms. The number of carbonyl (C=O) groups excluding carboxylic acids is 2. The van der Waals surface area contributed by atoms with Gasteiger partial charge in [-0.25, -0.2) is 4.98 Å². The van der Waals surface area contributed by atoms with Gasteiger partial charge in [0.15, 0.2) is 5.13 Å². The summed E-state index contributed by atoms with van der Waals surface area (Å²) >= 11 is 4.52. The van der Waals surface area contributed by atoms with E-state index < -0.39 is 0 Å². The number of hydrogen-bond acceptors (Lipinski definition) is 6. The molecule has 1 unspecified atom stereocenters. The van der Waals surface area contributed by atoms with Crippen molar-refractivity contribution in [2.24, 2.45) is 0 Å². The third-order valence-corrected chi connectivity index (χ3v) is 8.56. The van der Waals surface area contributed by atoms with Gasteiger partial charge in [-0.2, -0.15) is 0 Å². The number of thioether (sulfide) groups is 1. The molecule has 1 atom stereocenters. The first-order valence-electron chi connectivity index (χ1n) is 11.5. The molecule has 2 N–H and O–H groups in total. The minimum absolute atomic E-state index is 0.0832. The molecule has 2 heterocycles. The zero-order valence-corrected chi connectivity index (χ0v) is 21.9. The van der Waals surface area contributed by atoms with E-state index in [0.29, 0.717) is 22.8 Å². The number of carbonyl (C=O) groups is 2. The standard InChI is InChI=1S/C28H23N3O2S3/c1-2-24(27(33)31-28-30-23(17-35-28)25-11-6-14-34-25)36-22-10-5-9-21(16-22)29-26(32)20-13-12-18-7-3-4-8-19(18)15-20/h3-17,24H,2H2,1H3,(H,29,32)(H,30,31,33). The topological polar surface area (TPSA) is 71.1 Å². The van der Waals surface area contributed by atoms with E-state index >= 15 is 0 Å². The molecule has 8 heteroatoms. The third kappa shape index (κ3) is 5.67. The number of benzene rings is 3. The Morgan fingerprint density at radius 3 is 2.58 bits per heavy atom. The van der Waals surface area contributed by atoms with Crippen molar-refractivity contribution in [3.63, 3.8) is 0 Å². The summed E-state index contributed by atoms with van der Waals surface area (Å²) in [6, 6.07) is 25.2. The molecule has 5 aromatic rings. The predicted octanol–water partition coefficient (Wildman–Crippen LogP) is 7.79. The van der Waals surface area contributed by atoms with Gasteiger partial charge in [-0.05, 0) is 59.0 Å². The van der Waals surface area contributed by atoms with Crippen molar-refractivity contribution in [2.45, 2.75) is 23.5 Å². The van der Waals surface area contributed by atoms with E-state index in [-0.39, 0.29) is 17.1 Å². The molecule has 0 aliphatic heterocycles. The molecule has 2 amide bonds. The highest BCUT2D eigenvalue weighted by Crippen LogP contribution is 2.31. The van der Waals surface area contributed by atoms with Crippen molar-refractivity contribution in [1.82, 2.24) is 4.98 Å². The van der Waals surface area contributed by atoms with E-state index in [2.05, 4.69) is 15.6 Å². The van der Waals surface area contributed by atoms with Gasteiger partial charge in [0, 0.05) is 21.5 Å². The minimum Gasteiger partial charge on any atom is -0.322 e. The largest absolute Gasteiger partial charge is 0.322 e. The number of fused-ring (bicyclic) bond motifs is 1. The van der Waals surface area contributed by atoms with E-state index in [1.54, 1.807) is 11.3 Å². The van der Waals surface area contributed by atoms with Gasteiger partial charge in [0.25, 0.3) is 5.91 Å². The summed E-state index contributed by atoms with van der Waals surface area (Å²) in [5, 5.41) is 12.3. The second-order valence-corrected chi connectivity index (χ2v) is 11.1. The van der Waals surface area contributed by atoms with E-state index in [1.807, 2.05) is 96.5 Å². The van der Waals surface area contributed by atoms with Crippen LogP contribution in [-0.4, -0.2) is 22.0 Å². The molecule has 0 saturated heterocycles. The fourth-order valence-corrected chi connectivity index (χ4v) is 6.21. The monoisotopic (exact) mass is 529 g/mol. The highest BCUT2D eigenvalue weighted by atomic mass is 32.2. The molecule has 180 valence electrons. The molecule has 0 aliphatic rings. The first-order chi connectivity index (χ1) is 17.6.